The highest BCUT2D eigenvalue weighted by atomic mass is 32.2. The summed E-state index contributed by atoms with van der Waals surface area (Å²) in [4.78, 5) is 12.2. The fourth-order valence-corrected chi connectivity index (χ4v) is 4.85. The Morgan fingerprint density at radius 1 is 1.16 bits per heavy atom. The van der Waals surface area contributed by atoms with E-state index in [2.05, 4.69) is 10.0 Å². The number of benzene rings is 2. The van der Waals surface area contributed by atoms with E-state index in [1.807, 2.05) is 6.92 Å². The first-order valence-electron chi connectivity index (χ1n) is 10.2. The minimum Gasteiger partial charge on any atom is -0.394 e. The van der Waals surface area contributed by atoms with Crippen LogP contribution in [0.25, 0.3) is 0 Å². The fraction of sp³-hybridized carbons (Fsp3) is 0.409. The molecule has 1 amide bonds. The number of aliphatic hydroxyl groups excluding tert-OH is 1. The molecule has 3 atom stereocenters. The number of hydrogen-bond acceptors (Lipinski definition) is 5. The molecule has 1 saturated heterocycles. The van der Waals surface area contributed by atoms with Crippen molar-refractivity contribution in [3.05, 3.63) is 65.5 Å². The van der Waals surface area contributed by atoms with E-state index in [9.17, 15) is 22.7 Å². The van der Waals surface area contributed by atoms with Gasteiger partial charge in [-0.3, -0.25) is 4.79 Å². The molecule has 3 rings (SSSR count). The largest absolute Gasteiger partial charge is 0.394 e. The summed E-state index contributed by atoms with van der Waals surface area (Å²) < 4.78 is 47.4. The van der Waals surface area contributed by atoms with Gasteiger partial charge in [0, 0.05) is 6.54 Å². The average molecular weight is 451 g/mol. The van der Waals surface area contributed by atoms with Crippen molar-refractivity contribution in [2.24, 2.45) is 0 Å². The molecule has 2 aromatic rings. The van der Waals surface area contributed by atoms with Crippen LogP contribution in [0.1, 0.15) is 35.2 Å². The van der Waals surface area contributed by atoms with Crippen LogP contribution in [-0.2, 0) is 14.8 Å². The van der Waals surface area contributed by atoms with E-state index in [0.29, 0.717) is 19.3 Å². The monoisotopic (exact) mass is 450 g/mol. The summed E-state index contributed by atoms with van der Waals surface area (Å²) in [7, 11) is -3.73. The molecule has 1 aliphatic rings. The Balaban J connectivity index is 1.51. The molecule has 0 bridgehead atoms. The van der Waals surface area contributed by atoms with Crippen LogP contribution < -0.4 is 10.0 Å². The summed E-state index contributed by atoms with van der Waals surface area (Å²) in [5.74, 6) is -1.09. The molecule has 1 fully saturated rings. The van der Waals surface area contributed by atoms with Gasteiger partial charge in [0.15, 0.2) is 0 Å². The molecule has 0 radical (unpaired) electrons. The van der Waals surface area contributed by atoms with Gasteiger partial charge in [0.25, 0.3) is 5.91 Å². The maximum absolute atomic E-state index is 13.7. The van der Waals surface area contributed by atoms with E-state index in [-0.39, 0.29) is 29.7 Å². The Labute approximate surface area is 181 Å². The van der Waals surface area contributed by atoms with Crippen LogP contribution in [-0.4, -0.2) is 50.8 Å². The van der Waals surface area contributed by atoms with Gasteiger partial charge in [-0.15, -0.1) is 0 Å². The number of amides is 1. The number of aliphatic hydroxyl groups is 1. The zero-order chi connectivity index (χ0) is 22.4. The number of halogens is 1. The average Bonchev–Trinajstić information content (AvgIpc) is 2.75. The quantitative estimate of drug-likeness (QED) is 0.572. The Hall–Kier alpha value is -2.33. The van der Waals surface area contributed by atoms with E-state index < -0.39 is 33.9 Å². The molecule has 1 aliphatic heterocycles. The minimum absolute atomic E-state index is 0.0223. The molecule has 0 aliphatic carbocycles. The highest BCUT2D eigenvalue weighted by Crippen LogP contribution is 2.23. The van der Waals surface area contributed by atoms with E-state index in [1.54, 1.807) is 18.2 Å². The predicted molar refractivity (Wildman–Crippen MR) is 114 cm³/mol. The van der Waals surface area contributed by atoms with Crippen LogP contribution in [0.15, 0.2) is 53.4 Å². The Morgan fingerprint density at radius 2 is 1.87 bits per heavy atom. The number of rotatable bonds is 8. The highest BCUT2D eigenvalue weighted by molar-refractivity contribution is 7.89. The second kappa shape index (κ2) is 10.3. The molecular weight excluding hydrogens is 423 g/mol. The maximum Gasteiger partial charge on any atom is 0.254 e. The fourth-order valence-electron chi connectivity index (χ4n) is 3.55. The van der Waals surface area contributed by atoms with E-state index in [0.717, 1.165) is 5.56 Å². The van der Waals surface area contributed by atoms with Crippen molar-refractivity contribution in [1.82, 2.24) is 10.0 Å². The van der Waals surface area contributed by atoms with Crippen molar-refractivity contribution in [2.45, 2.75) is 49.3 Å². The third kappa shape index (κ3) is 6.10. The molecular formula is C22H27FN2O5S. The number of ether oxygens (including phenoxy) is 1. The van der Waals surface area contributed by atoms with Crippen LogP contribution in [0.4, 0.5) is 4.39 Å². The lowest BCUT2D eigenvalue weighted by Crippen LogP contribution is -2.51. The molecule has 1 heterocycles. The van der Waals surface area contributed by atoms with Crippen LogP contribution in [0, 0.1) is 12.7 Å². The van der Waals surface area contributed by atoms with Crippen LogP contribution in [0.2, 0.25) is 0 Å². The summed E-state index contributed by atoms with van der Waals surface area (Å²) in [6.45, 7) is 1.81. The number of carbonyl (C=O) groups is 1. The van der Waals surface area contributed by atoms with Crippen molar-refractivity contribution < 1.29 is 27.4 Å². The van der Waals surface area contributed by atoms with Crippen molar-refractivity contribution in [3.8, 4) is 0 Å². The van der Waals surface area contributed by atoms with Gasteiger partial charge in [0.1, 0.15) is 5.82 Å². The normalized spacial score (nSPS) is 21.6. The number of sulfonamides is 1. The van der Waals surface area contributed by atoms with Gasteiger partial charge in [-0.25, -0.2) is 17.5 Å². The van der Waals surface area contributed by atoms with Crippen molar-refractivity contribution in [3.63, 3.8) is 0 Å². The van der Waals surface area contributed by atoms with E-state index in [4.69, 9.17) is 4.74 Å². The van der Waals surface area contributed by atoms with Gasteiger partial charge >= 0.3 is 0 Å². The molecule has 7 nitrogen and oxygen atoms in total. The molecule has 3 N–H and O–H groups in total. The van der Waals surface area contributed by atoms with Gasteiger partial charge in [0.05, 0.1) is 35.3 Å². The first kappa shape index (κ1) is 23.3. The third-order valence-electron chi connectivity index (χ3n) is 5.30. The van der Waals surface area contributed by atoms with Gasteiger partial charge < -0.3 is 15.2 Å². The molecule has 31 heavy (non-hydrogen) atoms. The lowest BCUT2D eigenvalue weighted by molar-refractivity contribution is -0.0871. The van der Waals surface area contributed by atoms with Gasteiger partial charge in [-0.2, -0.15) is 0 Å². The van der Waals surface area contributed by atoms with Crippen molar-refractivity contribution >= 4 is 15.9 Å². The van der Waals surface area contributed by atoms with Crippen molar-refractivity contribution in [2.75, 3.05) is 13.2 Å². The Morgan fingerprint density at radius 3 is 2.55 bits per heavy atom. The molecule has 0 spiro atoms. The molecule has 2 aromatic carbocycles. The summed E-state index contributed by atoms with van der Waals surface area (Å²) in [6.07, 6.45) is 0.572. The number of hydrogen-bond donors (Lipinski definition) is 3. The minimum atomic E-state index is -3.73. The lowest BCUT2D eigenvalue weighted by atomic mass is 9.98. The van der Waals surface area contributed by atoms with Crippen LogP contribution in [0.5, 0.6) is 0 Å². The molecule has 0 aromatic heterocycles. The smallest absolute Gasteiger partial charge is 0.254 e. The second-order valence-corrected chi connectivity index (χ2v) is 9.34. The third-order valence-corrected chi connectivity index (χ3v) is 6.81. The number of aryl methyl sites for hydroxylation is 1. The van der Waals surface area contributed by atoms with E-state index >= 15 is 0 Å². The molecule has 168 valence electrons. The zero-order valence-electron chi connectivity index (χ0n) is 17.3. The first-order valence-corrected chi connectivity index (χ1v) is 11.7. The Bertz CT molecular complexity index is 997. The van der Waals surface area contributed by atoms with Crippen LogP contribution in [0.3, 0.4) is 0 Å². The molecule has 0 saturated carbocycles. The van der Waals surface area contributed by atoms with E-state index in [1.165, 1.54) is 30.3 Å². The first-order chi connectivity index (χ1) is 14.8. The van der Waals surface area contributed by atoms with Crippen LogP contribution >= 0.6 is 0 Å². The van der Waals surface area contributed by atoms with Gasteiger partial charge in [-0.05, 0) is 50.5 Å². The second-order valence-electron chi connectivity index (χ2n) is 7.62. The number of nitrogens with one attached hydrogen (secondary N) is 2. The standard InChI is InChI=1S/C22H27FN2O5S/c1-15-6-9-17(10-7-15)31(28,29)25-20-11-8-16(30-21(20)14-26)12-13-24-22(27)18-4-2-3-5-19(18)23/h2-7,9-10,16,20-21,25-26H,8,11-14H2,1H3,(H,24,27)/t16-,20+,21+/m0/s1. The summed E-state index contributed by atoms with van der Waals surface area (Å²) in [5, 5.41) is 12.4. The molecule has 9 heteroatoms. The summed E-state index contributed by atoms with van der Waals surface area (Å²) in [6, 6.07) is 11.7. The SMILES string of the molecule is Cc1ccc(S(=O)(=O)N[C@@H]2CC[C@@H](CCNC(=O)c3ccccc3F)O[C@@H]2CO)cc1. The topological polar surface area (TPSA) is 105 Å². The predicted octanol–water partition coefficient (Wildman–Crippen LogP) is 2.14. The summed E-state index contributed by atoms with van der Waals surface area (Å²) in [5.41, 5.74) is 0.934. The van der Waals surface area contributed by atoms with Gasteiger partial charge in [0.2, 0.25) is 10.0 Å². The highest BCUT2D eigenvalue weighted by Gasteiger charge is 2.33. The Kier molecular flexibility index (Phi) is 7.77. The van der Waals surface area contributed by atoms with Gasteiger partial charge in [-0.1, -0.05) is 29.8 Å². The lowest BCUT2D eigenvalue weighted by Gasteiger charge is -2.36. The maximum atomic E-state index is 13.7. The van der Waals surface area contributed by atoms with Crippen molar-refractivity contribution in [1.29, 1.82) is 0 Å². The number of carbonyl (C=O) groups excluding carboxylic acids is 1. The summed E-state index contributed by atoms with van der Waals surface area (Å²) >= 11 is 0. The molecule has 0 unspecified atom stereocenters. The zero-order valence-corrected chi connectivity index (χ0v) is 18.1.